The molecule has 0 bridgehead atoms. The largest absolute Gasteiger partial charge is 0.369 e. The molecule has 0 unspecified atom stereocenters. The lowest BCUT2D eigenvalue weighted by molar-refractivity contribution is 0.215. The van der Waals surface area contributed by atoms with Crippen molar-refractivity contribution in [2.75, 3.05) is 31.1 Å². The third-order valence-electron chi connectivity index (χ3n) is 3.57. The van der Waals surface area contributed by atoms with Crippen molar-refractivity contribution in [2.24, 2.45) is 0 Å². The second-order valence-corrected chi connectivity index (χ2v) is 5.91. The number of hydrogen-bond acceptors (Lipinski definition) is 5. The lowest BCUT2D eigenvalue weighted by Gasteiger charge is -2.35. The van der Waals surface area contributed by atoms with Gasteiger partial charge in [-0.3, -0.25) is 4.90 Å². The number of halogens is 2. The number of aromatic nitrogens is 2. The fraction of sp³-hybridized carbons (Fsp3) is 0.429. The number of benzene rings is 1. The maximum Gasteiger partial charge on any atom is 0.240 e. The number of aryl methyl sites for hydroxylation is 1. The molecule has 0 N–H and O–H groups in total. The highest BCUT2D eigenvalue weighted by Crippen LogP contribution is 2.27. The van der Waals surface area contributed by atoms with Gasteiger partial charge in [-0.15, -0.1) is 0 Å². The van der Waals surface area contributed by atoms with Gasteiger partial charge < -0.3 is 9.42 Å². The average Bonchev–Trinajstić information content (AvgIpc) is 2.88. The van der Waals surface area contributed by atoms with Crippen LogP contribution in [0.25, 0.3) is 0 Å². The highest BCUT2D eigenvalue weighted by Gasteiger charge is 2.19. The number of piperazine rings is 1. The highest BCUT2D eigenvalue weighted by molar-refractivity contribution is 6.42. The third kappa shape index (κ3) is 3.48. The second kappa shape index (κ2) is 6.22. The van der Waals surface area contributed by atoms with Crippen LogP contribution in [0, 0.1) is 6.92 Å². The monoisotopic (exact) mass is 326 g/mol. The smallest absolute Gasteiger partial charge is 0.240 e. The first-order valence-corrected chi connectivity index (χ1v) is 7.59. The number of nitrogens with zero attached hydrogens (tertiary/aromatic N) is 4. The third-order valence-corrected chi connectivity index (χ3v) is 4.31. The Kier molecular flexibility index (Phi) is 4.33. The number of anilines is 1. The van der Waals surface area contributed by atoms with Crippen LogP contribution < -0.4 is 4.90 Å². The molecule has 7 heteroatoms. The van der Waals surface area contributed by atoms with Crippen LogP contribution in [0.2, 0.25) is 10.0 Å². The van der Waals surface area contributed by atoms with E-state index in [-0.39, 0.29) is 0 Å². The van der Waals surface area contributed by atoms with Gasteiger partial charge in [-0.05, 0) is 25.1 Å². The highest BCUT2D eigenvalue weighted by atomic mass is 35.5. The summed E-state index contributed by atoms with van der Waals surface area (Å²) in [6.45, 7) is 6.30. The average molecular weight is 327 g/mol. The summed E-state index contributed by atoms with van der Waals surface area (Å²) in [5.74, 6) is 1.36. The Morgan fingerprint density at radius 3 is 2.52 bits per heavy atom. The fourth-order valence-electron chi connectivity index (χ4n) is 2.44. The Balaban J connectivity index is 1.58. The van der Waals surface area contributed by atoms with E-state index < -0.39 is 0 Å². The summed E-state index contributed by atoms with van der Waals surface area (Å²) < 4.78 is 5.16. The Bertz CT molecular complexity index is 623. The summed E-state index contributed by atoms with van der Waals surface area (Å²) >= 11 is 12.0. The maximum absolute atomic E-state index is 6.07. The zero-order valence-electron chi connectivity index (χ0n) is 11.7. The van der Waals surface area contributed by atoms with Crippen LogP contribution in [0.1, 0.15) is 11.7 Å². The van der Waals surface area contributed by atoms with Gasteiger partial charge in [0, 0.05) is 31.9 Å². The summed E-state index contributed by atoms with van der Waals surface area (Å²) in [7, 11) is 0. The van der Waals surface area contributed by atoms with Gasteiger partial charge >= 0.3 is 0 Å². The van der Waals surface area contributed by atoms with E-state index in [0.717, 1.165) is 31.9 Å². The Morgan fingerprint density at radius 2 is 1.90 bits per heavy atom. The molecule has 21 heavy (non-hydrogen) atoms. The van der Waals surface area contributed by atoms with Crippen LogP contribution in [-0.2, 0) is 6.54 Å². The maximum atomic E-state index is 6.07. The van der Waals surface area contributed by atoms with Crippen molar-refractivity contribution in [3.05, 3.63) is 40.0 Å². The number of hydrogen-bond donors (Lipinski definition) is 0. The molecule has 0 atom stereocenters. The van der Waals surface area contributed by atoms with Gasteiger partial charge in [0.25, 0.3) is 0 Å². The molecular weight excluding hydrogens is 311 g/mol. The van der Waals surface area contributed by atoms with E-state index >= 15 is 0 Å². The van der Waals surface area contributed by atoms with Crippen molar-refractivity contribution in [1.82, 2.24) is 15.0 Å². The lowest BCUT2D eigenvalue weighted by Crippen LogP contribution is -2.46. The Labute approximate surface area is 133 Å². The molecule has 3 rings (SSSR count). The van der Waals surface area contributed by atoms with E-state index in [1.165, 1.54) is 0 Å². The second-order valence-electron chi connectivity index (χ2n) is 5.10. The van der Waals surface area contributed by atoms with Crippen molar-refractivity contribution >= 4 is 28.9 Å². The molecule has 0 radical (unpaired) electrons. The van der Waals surface area contributed by atoms with Crippen LogP contribution >= 0.6 is 23.2 Å². The van der Waals surface area contributed by atoms with Gasteiger partial charge in [0.15, 0.2) is 5.82 Å². The predicted octanol–water partition coefficient (Wildman–Crippen LogP) is 3.01. The predicted molar refractivity (Wildman–Crippen MR) is 83.0 cm³/mol. The molecule has 0 spiro atoms. The van der Waals surface area contributed by atoms with Crippen LogP contribution in [0.4, 0.5) is 5.69 Å². The van der Waals surface area contributed by atoms with E-state index in [0.29, 0.717) is 28.3 Å². The van der Waals surface area contributed by atoms with Gasteiger partial charge in [-0.2, -0.15) is 4.98 Å². The molecule has 1 saturated heterocycles. The SMILES string of the molecule is Cc1noc(CN2CCN(c3ccc(Cl)c(Cl)c3)CC2)n1. The van der Waals surface area contributed by atoms with Crippen LogP contribution in [0.15, 0.2) is 22.7 Å². The molecule has 0 amide bonds. The topological polar surface area (TPSA) is 45.4 Å². The lowest BCUT2D eigenvalue weighted by atomic mass is 10.2. The summed E-state index contributed by atoms with van der Waals surface area (Å²) in [6, 6.07) is 5.76. The molecule has 112 valence electrons. The molecule has 1 fully saturated rings. The van der Waals surface area contributed by atoms with E-state index in [9.17, 15) is 0 Å². The van der Waals surface area contributed by atoms with Gasteiger partial charge in [0.1, 0.15) is 0 Å². The van der Waals surface area contributed by atoms with E-state index in [2.05, 4.69) is 19.9 Å². The first-order chi connectivity index (χ1) is 10.1. The first-order valence-electron chi connectivity index (χ1n) is 6.83. The van der Waals surface area contributed by atoms with Gasteiger partial charge in [-0.25, -0.2) is 0 Å². The first kappa shape index (κ1) is 14.6. The van der Waals surface area contributed by atoms with Crippen LogP contribution in [0.5, 0.6) is 0 Å². The molecule has 0 aliphatic carbocycles. The van der Waals surface area contributed by atoms with Crippen molar-refractivity contribution in [3.63, 3.8) is 0 Å². The Morgan fingerprint density at radius 1 is 1.14 bits per heavy atom. The van der Waals surface area contributed by atoms with Crippen LogP contribution in [-0.4, -0.2) is 41.2 Å². The minimum Gasteiger partial charge on any atom is -0.369 e. The fourth-order valence-corrected chi connectivity index (χ4v) is 2.73. The molecule has 1 aromatic carbocycles. The van der Waals surface area contributed by atoms with Gasteiger partial charge in [0.05, 0.1) is 16.6 Å². The summed E-state index contributed by atoms with van der Waals surface area (Å²) in [6.07, 6.45) is 0. The molecule has 2 heterocycles. The van der Waals surface area contributed by atoms with Crippen molar-refractivity contribution < 1.29 is 4.52 Å². The molecule has 5 nitrogen and oxygen atoms in total. The van der Waals surface area contributed by atoms with Crippen LogP contribution in [0.3, 0.4) is 0 Å². The summed E-state index contributed by atoms with van der Waals surface area (Å²) in [5.41, 5.74) is 1.11. The summed E-state index contributed by atoms with van der Waals surface area (Å²) in [5, 5.41) is 5.00. The zero-order valence-corrected chi connectivity index (χ0v) is 13.2. The Hall–Kier alpha value is -1.30. The number of rotatable bonds is 3. The van der Waals surface area contributed by atoms with Gasteiger partial charge in [-0.1, -0.05) is 28.4 Å². The molecule has 1 aliphatic rings. The normalized spacial score (nSPS) is 16.4. The van der Waals surface area contributed by atoms with E-state index in [1.807, 2.05) is 25.1 Å². The van der Waals surface area contributed by atoms with Crippen molar-refractivity contribution in [3.8, 4) is 0 Å². The minimum atomic E-state index is 0.589. The standard InChI is InChI=1S/C14H16Cl2N4O/c1-10-17-14(21-18-10)9-19-4-6-20(7-5-19)11-2-3-12(15)13(16)8-11/h2-3,8H,4-7,9H2,1H3. The molecule has 1 aliphatic heterocycles. The molecule has 0 saturated carbocycles. The summed E-state index contributed by atoms with van der Waals surface area (Å²) in [4.78, 5) is 8.85. The van der Waals surface area contributed by atoms with Crippen molar-refractivity contribution in [2.45, 2.75) is 13.5 Å². The van der Waals surface area contributed by atoms with Crippen molar-refractivity contribution in [1.29, 1.82) is 0 Å². The zero-order chi connectivity index (χ0) is 14.8. The van der Waals surface area contributed by atoms with Gasteiger partial charge in [0.2, 0.25) is 5.89 Å². The molecule has 1 aromatic heterocycles. The molecular formula is C14H16Cl2N4O. The minimum absolute atomic E-state index is 0.589. The molecule has 2 aromatic rings. The van der Waals surface area contributed by atoms with E-state index in [4.69, 9.17) is 27.7 Å². The quantitative estimate of drug-likeness (QED) is 0.867. The van der Waals surface area contributed by atoms with E-state index in [1.54, 1.807) is 0 Å².